The van der Waals surface area contributed by atoms with E-state index in [2.05, 4.69) is 24.2 Å². The van der Waals surface area contributed by atoms with Gasteiger partial charge in [-0.25, -0.2) is 0 Å². The van der Waals surface area contributed by atoms with E-state index >= 15 is 0 Å². The van der Waals surface area contributed by atoms with E-state index in [0.717, 1.165) is 69.0 Å². The fourth-order valence-electron chi connectivity index (χ4n) is 3.86. The van der Waals surface area contributed by atoms with Crippen molar-refractivity contribution in [2.24, 2.45) is 16.3 Å². The van der Waals surface area contributed by atoms with Gasteiger partial charge in [0.15, 0.2) is 0 Å². The van der Waals surface area contributed by atoms with Crippen molar-refractivity contribution in [3.05, 3.63) is 23.5 Å². The topological polar surface area (TPSA) is 99.0 Å². The quantitative estimate of drug-likeness (QED) is 0.198. The van der Waals surface area contributed by atoms with E-state index in [0.29, 0.717) is 12.5 Å². The van der Waals surface area contributed by atoms with Crippen LogP contribution in [0.4, 0.5) is 0 Å². The number of aliphatic hydroxyl groups excluding tert-OH is 1. The fraction of sp³-hybridized carbons (Fsp3) is 0.696. The van der Waals surface area contributed by atoms with E-state index < -0.39 is 11.4 Å². The van der Waals surface area contributed by atoms with Crippen LogP contribution in [0.2, 0.25) is 0 Å². The minimum absolute atomic E-state index is 0.0583. The van der Waals surface area contributed by atoms with E-state index in [1.54, 1.807) is 6.08 Å². The van der Waals surface area contributed by atoms with Gasteiger partial charge in [-0.1, -0.05) is 40.0 Å². The molecule has 0 heterocycles. The number of carboxylic acid groups (broad SMARTS) is 1. The van der Waals surface area contributed by atoms with Gasteiger partial charge < -0.3 is 15.5 Å². The first-order valence-corrected chi connectivity index (χ1v) is 10.8. The van der Waals surface area contributed by atoms with Gasteiger partial charge in [-0.2, -0.15) is 0 Å². The van der Waals surface area contributed by atoms with Gasteiger partial charge in [0, 0.05) is 18.8 Å². The average Bonchev–Trinajstić information content (AvgIpc) is 2.67. The van der Waals surface area contributed by atoms with E-state index in [4.69, 9.17) is 0 Å². The van der Waals surface area contributed by atoms with Crippen molar-refractivity contribution in [3.63, 3.8) is 0 Å². The number of carbonyl (C=O) groups excluding carboxylic acids is 1. The molecule has 1 fully saturated rings. The molecule has 0 aromatic carbocycles. The molecule has 0 aromatic heterocycles. The van der Waals surface area contributed by atoms with E-state index in [1.807, 2.05) is 13.8 Å². The molecule has 0 atom stereocenters. The maximum atomic E-state index is 12.6. The van der Waals surface area contributed by atoms with Crippen LogP contribution in [0.15, 0.2) is 28.5 Å². The smallest absolute Gasteiger partial charge is 0.303 e. The Labute approximate surface area is 175 Å². The summed E-state index contributed by atoms with van der Waals surface area (Å²) in [6, 6.07) is 0. The third-order valence-electron chi connectivity index (χ3n) is 5.64. The molecule has 1 rings (SSSR count). The highest BCUT2D eigenvalue weighted by molar-refractivity contribution is 6.03. The summed E-state index contributed by atoms with van der Waals surface area (Å²) in [7, 11) is 0. The van der Waals surface area contributed by atoms with Gasteiger partial charge in [0.05, 0.1) is 18.3 Å². The van der Waals surface area contributed by atoms with Gasteiger partial charge in [-0.15, -0.1) is 0 Å². The number of aliphatic imine (C=N–C) groups is 1. The van der Waals surface area contributed by atoms with Crippen molar-refractivity contribution in [1.82, 2.24) is 5.32 Å². The number of allylic oxidation sites excluding steroid dienone is 1. The van der Waals surface area contributed by atoms with Crippen LogP contribution in [0.3, 0.4) is 0 Å². The minimum atomic E-state index is -0.833. The second-order valence-corrected chi connectivity index (χ2v) is 8.59. The van der Waals surface area contributed by atoms with Crippen molar-refractivity contribution in [2.75, 3.05) is 13.1 Å². The lowest BCUT2D eigenvalue weighted by Crippen LogP contribution is -2.40. The third kappa shape index (κ3) is 8.84. The Bertz CT molecular complexity index is 641. The molecule has 0 bridgehead atoms. The normalized spacial score (nSPS) is 18.0. The lowest BCUT2D eigenvalue weighted by molar-refractivity contribution is -0.140. The zero-order valence-corrected chi connectivity index (χ0v) is 18.5. The van der Waals surface area contributed by atoms with Crippen molar-refractivity contribution in [3.8, 4) is 0 Å². The summed E-state index contributed by atoms with van der Waals surface area (Å²) in [4.78, 5) is 28.6. The molecule has 1 amide bonds. The number of carbonyl (C=O) groups is 2. The molecule has 0 aliphatic heterocycles. The summed E-state index contributed by atoms with van der Waals surface area (Å²) in [5, 5.41) is 21.7. The number of aliphatic hydroxyl groups is 1. The molecular weight excluding hydrogens is 368 g/mol. The van der Waals surface area contributed by atoms with Crippen LogP contribution in [0.1, 0.15) is 79.1 Å². The lowest BCUT2D eigenvalue weighted by Gasteiger charge is -2.36. The summed E-state index contributed by atoms with van der Waals surface area (Å²) >= 11 is 0. The third-order valence-corrected chi connectivity index (χ3v) is 5.64. The molecule has 6 nitrogen and oxygen atoms in total. The first-order chi connectivity index (χ1) is 13.7. The summed E-state index contributed by atoms with van der Waals surface area (Å²) in [6.45, 7) is 9.28. The Hall–Kier alpha value is -2.11. The number of nitrogens with zero attached hydrogens (tertiary/aromatic N) is 1. The zero-order valence-electron chi connectivity index (χ0n) is 18.5. The number of rotatable bonds is 11. The van der Waals surface area contributed by atoms with Gasteiger partial charge in [0.1, 0.15) is 0 Å². The van der Waals surface area contributed by atoms with Crippen LogP contribution in [0.25, 0.3) is 0 Å². The van der Waals surface area contributed by atoms with Crippen LogP contribution in [-0.4, -0.2) is 40.9 Å². The molecule has 0 saturated heterocycles. The first-order valence-electron chi connectivity index (χ1n) is 10.8. The molecular formula is C23H38N2O4. The number of hydrogen-bond acceptors (Lipinski definition) is 4. The van der Waals surface area contributed by atoms with Crippen molar-refractivity contribution >= 4 is 17.6 Å². The molecule has 6 heteroatoms. The predicted octanol–water partition coefficient (Wildman–Crippen LogP) is 4.81. The van der Waals surface area contributed by atoms with Crippen LogP contribution in [0.5, 0.6) is 0 Å². The number of nitrogens with one attached hydrogen (secondary N) is 1. The second kappa shape index (κ2) is 12.5. The van der Waals surface area contributed by atoms with Gasteiger partial charge in [-0.3, -0.25) is 14.6 Å². The minimum Gasteiger partial charge on any atom is -0.515 e. The SMILES string of the molecule is CCC(=NCCC(C)C)C(C)=CC(=CO)C(=O)NCC1(CC(=O)O)CCCCC1. The van der Waals surface area contributed by atoms with Crippen molar-refractivity contribution < 1.29 is 19.8 Å². The highest BCUT2D eigenvalue weighted by Crippen LogP contribution is 2.38. The standard InChI is InChI=1S/C23H38N2O4/c1-5-20(24-12-9-17(2)3)18(4)13-19(15-26)22(29)25-16-23(14-21(27)28)10-7-6-8-11-23/h13,15,17,26H,5-12,14,16H2,1-4H3,(H,25,29)(H,27,28). The maximum Gasteiger partial charge on any atom is 0.303 e. The number of carboxylic acids is 1. The van der Waals surface area contributed by atoms with Crippen LogP contribution >= 0.6 is 0 Å². The molecule has 3 N–H and O–H groups in total. The highest BCUT2D eigenvalue weighted by Gasteiger charge is 2.34. The Kier molecular flexibility index (Phi) is 10.7. The van der Waals surface area contributed by atoms with Crippen LogP contribution in [0, 0.1) is 11.3 Å². The summed E-state index contributed by atoms with van der Waals surface area (Å²) in [6.07, 6.45) is 8.95. The molecule has 0 aromatic rings. The van der Waals surface area contributed by atoms with E-state index in [1.165, 1.54) is 0 Å². The molecule has 0 spiro atoms. The van der Waals surface area contributed by atoms with Gasteiger partial charge in [0.25, 0.3) is 5.91 Å². The van der Waals surface area contributed by atoms with Crippen LogP contribution < -0.4 is 5.32 Å². The Balaban J connectivity index is 2.81. The zero-order chi connectivity index (χ0) is 21.9. The monoisotopic (exact) mass is 406 g/mol. The number of amides is 1. The molecule has 1 saturated carbocycles. The Morgan fingerprint density at radius 2 is 1.86 bits per heavy atom. The summed E-state index contributed by atoms with van der Waals surface area (Å²) < 4.78 is 0. The van der Waals surface area contributed by atoms with Crippen molar-refractivity contribution in [1.29, 1.82) is 0 Å². The molecule has 1 aliphatic carbocycles. The number of hydrogen-bond donors (Lipinski definition) is 3. The lowest BCUT2D eigenvalue weighted by atomic mass is 9.71. The highest BCUT2D eigenvalue weighted by atomic mass is 16.4. The summed E-state index contributed by atoms with van der Waals surface area (Å²) in [5.74, 6) is -0.641. The van der Waals surface area contributed by atoms with Crippen LogP contribution in [-0.2, 0) is 9.59 Å². The first kappa shape index (κ1) is 24.9. The van der Waals surface area contributed by atoms with E-state index in [9.17, 15) is 19.8 Å². The molecule has 164 valence electrons. The second-order valence-electron chi connectivity index (χ2n) is 8.59. The Morgan fingerprint density at radius 3 is 2.38 bits per heavy atom. The van der Waals surface area contributed by atoms with Gasteiger partial charge in [0.2, 0.25) is 0 Å². The van der Waals surface area contributed by atoms with Gasteiger partial charge in [-0.05, 0) is 55.6 Å². The van der Waals surface area contributed by atoms with Gasteiger partial charge >= 0.3 is 5.97 Å². The molecule has 0 unspecified atom stereocenters. The van der Waals surface area contributed by atoms with Crippen molar-refractivity contribution in [2.45, 2.75) is 79.1 Å². The molecule has 1 aliphatic rings. The maximum absolute atomic E-state index is 12.6. The average molecular weight is 407 g/mol. The molecule has 29 heavy (non-hydrogen) atoms. The Morgan fingerprint density at radius 1 is 1.21 bits per heavy atom. The largest absolute Gasteiger partial charge is 0.515 e. The summed E-state index contributed by atoms with van der Waals surface area (Å²) in [5.41, 5.74) is 1.54. The molecule has 0 radical (unpaired) electrons. The predicted molar refractivity (Wildman–Crippen MR) is 117 cm³/mol. The van der Waals surface area contributed by atoms with E-state index in [-0.39, 0.29) is 17.9 Å². The number of aliphatic carboxylic acids is 1. The fourth-order valence-corrected chi connectivity index (χ4v) is 3.86.